The first-order chi connectivity index (χ1) is 15.4. The molecule has 7 heteroatoms. The number of ether oxygens (including phenoxy) is 2. The molecule has 172 valence electrons. The maximum atomic E-state index is 13.0. The van der Waals surface area contributed by atoms with Gasteiger partial charge >= 0.3 is 0 Å². The number of benzene rings is 2. The third-order valence-corrected chi connectivity index (χ3v) is 5.48. The summed E-state index contributed by atoms with van der Waals surface area (Å²) in [6, 6.07) is 10.9. The summed E-state index contributed by atoms with van der Waals surface area (Å²) in [5.74, 6) is 0.714. The SMILES string of the molecule is CCCCOc1c(Cl)cc(C(=O)N(C)Cc2ccc(C(=O)NC3CC3)cc2)cc1OCC. The van der Waals surface area contributed by atoms with Gasteiger partial charge < -0.3 is 19.7 Å². The molecule has 1 aliphatic rings. The summed E-state index contributed by atoms with van der Waals surface area (Å²) in [7, 11) is 1.73. The number of rotatable bonds is 11. The summed E-state index contributed by atoms with van der Waals surface area (Å²) in [6.07, 6.45) is 4.02. The fourth-order valence-electron chi connectivity index (χ4n) is 3.24. The van der Waals surface area contributed by atoms with E-state index in [1.807, 2.05) is 19.1 Å². The highest BCUT2D eigenvalue weighted by Gasteiger charge is 2.24. The van der Waals surface area contributed by atoms with Gasteiger partial charge in [-0.3, -0.25) is 9.59 Å². The molecular formula is C25H31ClN2O4. The number of unbranched alkanes of at least 4 members (excludes halogenated alkanes) is 1. The molecule has 0 aromatic heterocycles. The van der Waals surface area contributed by atoms with Gasteiger partial charge in [0.1, 0.15) is 0 Å². The Morgan fingerprint density at radius 3 is 2.44 bits per heavy atom. The molecule has 0 atom stereocenters. The Bertz CT molecular complexity index is 942. The van der Waals surface area contributed by atoms with E-state index in [0.717, 1.165) is 31.2 Å². The van der Waals surface area contributed by atoms with Crippen molar-refractivity contribution in [1.82, 2.24) is 10.2 Å². The van der Waals surface area contributed by atoms with E-state index in [1.165, 1.54) is 0 Å². The van der Waals surface area contributed by atoms with E-state index in [4.69, 9.17) is 21.1 Å². The van der Waals surface area contributed by atoms with E-state index >= 15 is 0 Å². The van der Waals surface area contributed by atoms with E-state index in [-0.39, 0.29) is 11.8 Å². The Hall–Kier alpha value is -2.73. The van der Waals surface area contributed by atoms with Crippen molar-refractivity contribution >= 4 is 23.4 Å². The Kier molecular flexibility index (Phi) is 8.39. The van der Waals surface area contributed by atoms with Crippen molar-refractivity contribution in [3.8, 4) is 11.5 Å². The minimum atomic E-state index is -0.177. The third kappa shape index (κ3) is 6.39. The molecule has 1 saturated carbocycles. The first-order valence-corrected chi connectivity index (χ1v) is 11.5. The van der Waals surface area contributed by atoms with E-state index in [9.17, 15) is 9.59 Å². The van der Waals surface area contributed by atoms with E-state index in [1.54, 1.807) is 36.2 Å². The number of halogens is 1. The molecule has 3 rings (SSSR count). The number of carbonyl (C=O) groups excluding carboxylic acids is 2. The summed E-state index contributed by atoms with van der Waals surface area (Å²) < 4.78 is 11.5. The molecular weight excluding hydrogens is 428 g/mol. The lowest BCUT2D eigenvalue weighted by molar-refractivity contribution is 0.0784. The normalized spacial score (nSPS) is 12.9. The Morgan fingerprint density at radius 1 is 1.09 bits per heavy atom. The van der Waals surface area contributed by atoms with Gasteiger partial charge in [-0.05, 0) is 56.0 Å². The average molecular weight is 459 g/mol. The Morgan fingerprint density at radius 2 is 1.81 bits per heavy atom. The van der Waals surface area contributed by atoms with Crippen molar-refractivity contribution in [1.29, 1.82) is 0 Å². The van der Waals surface area contributed by atoms with Crippen LogP contribution in [0.1, 0.15) is 65.8 Å². The van der Waals surface area contributed by atoms with Crippen LogP contribution in [0.25, 0.3) is 0 Å². The Balaban J connectivity index is 1.68. The second kappa shape index (κ2) is 11.2. The predicted molar refractivity (Wildman–Crippen MR) is 126 cm³/mol. The molecule has 1 N–H and O–H groups in total. The van der Waals surface area contributed by atoms with Crippen molar-refractivity contribution in [2.45, 2.75) is 52.1 Å². The largest absolute Gasteiger partial charge is 0.490 e. The van der Waals surface area contributed by atoms with E-state index < -0.39 is 0 Å². The quantitative estimate of drug-likeness (QED) is 0.476. The fraction of sp³-hybridized carbons (Fsp3) is 0.440. The standard InChI is InChI=1S/C25H31ClN2O4/c1-4-6-13-32-23-21(26)14-19(15-22(23)31-5-2)25(30)28(3)16-17-7-9-18(10-8-17)24(29)27-20-11-12-20/h7-10,14-15,20H,4-6,11-13,16H2,1-3H3,(H,27,29). The predicted octanol–water partition coefficient (Wildman–Crippen LogP) is 5.08. The molecule has 0 aliphatic heterocycles. The zero-order valence-electron chi connectivity index (χ0n) is 18.9. The van der Waals surface area contributed by atoms with Gasteiger partial charge in [0.15, 0.2) is 11.5 Å². The second-order valence-electron chi connectivity index (χ2n) is 8.03. The van der Waals surface area contributed by atoms with Crippen LogP contribution in [0.4, 0.5) is 0 Å². The summed E-state index contributed by atoms with van der Waals surface area (Å²) in [4.78, 5) is 26.8. The highest BCUT2D eigenvalue weighted by molar-refractivity contribution is 6.32. The van der Waals surface area contributed by atoms with Crippen LogP contribution in [0, 0.1) is 0 Å². The van der Waals surface area contributed by atoms with Gasteiger partial charge in [0.2, 0.25) is 0 Å². The number of carbonyl (C=O) groups is 2. The smallest absolute Gasteiger partial charge is 0.254 e. The molecule has 0 heterocycles. The summed E-state index contributed by atoms with van der Waals surface area (Å²) in [5, 5.41) is 3.33. The lowest BCUT2D eigenvalue weighted by atomic mass is 10.1. The van der Waals surface area contributed by atoms with Crippen molar-refractivity contribution in [3.05, 3.63) is 58.1 Å². The molecule has 1 fully saturated rings. The monoisotopic (exact) mass is 458 g/mol. The van der Waals surface area contributed by atoms with Crippen LogP contribution in [0.3, 0.4) is 0 Å². The molecule has 0 radical (unpaired) electrons. The fourth-order valence-corrected chi connectivity index (χ4v) is 3.50. The van der Waals surface area contributed by atoms with Crippen LogP contribution in [0.2, 0.25) is 5.02 Å². The maximum Gasteiger partial charge on any atom is 0.254 e. The van der Waals surface area contributed by atoms with Crippen molar-refractivity contribution in [3.63, 3.8) is 0 Å². The third-order valence-electron chi connectivity index (χ3n) is 5.20. The zero-order chi connectivity index (χ0) is 23.1. The van der Waals surface area contributed by atoms with Gasteiger partial charge in [-0.2, -0.15) is 0 Å². The molecule has 0 bridgehead atoms. The van der Waals surface area contributed by atoms with Crippen LogP contribution >= 0.6 is 11.6 Å². The number of hydrogen-bond donors (Lipinski definition) is 1. The molecule has 0 unspecified atom stereocenters. The van der Waals surface area contributed by atoms with Gasteiger partial charge in [0.25, 0.3) is 11.8 Å². The maximum absolute atomic E-state index is 13.0. The molecule has 6 nitrogen and oxygen atoms in total. The number of amides is 2. The summed E-state index contributed by atoms with van der Waals surface area (Å²) in [6.45, 7) is 5.34. The van der Waals surface area contributed by atoms with Crippen molar-refractivity contribution in [2.75, 3.05) is 20.3 Å². The highest BCUT2D eigenvalue weighted by Crippen LogP contribution is 2.37. The summed E-state index contributed by atoms with van der Waals surface area (Å²) >= 11 is 6.43. The van der Waals surface area contributed by atoms with Crippen LogP contribution in [0.15, 0.2) is 36.4 Å². The summed E-state index contributed by atoms with van der Waals surface area (Å²) in [5.41, 5.74) is 1.99. The van der Waals surface area contributed by atoms with Crippen molar-refractivity contribution < 1.29 is 19.1 Å². The average Bonchev–Trinajstić information content (AvgIpc) is 3.59. The van der Waals surface area contributed by atoms with E-state index in [2.05, 4.69) is 12.2 Å². The topological polar surface area (TPSA) is 67.9 Å². The molecule has 2 aromatic carbocycles. The minimum absolute atomic E-state index is 0.0529. The Labute approximate surface area is 194 Å². The van der Waals surface area contributed by atoms with Gasteiger partial charge in [0, 0.05) is 30.8 Å². The number of hydrogen-bond acceptors (Lipinski definition) is 4. The molecule has 0 saturated heterocycles. The molecule has 2 aromatic rings. The van der Waals surface area contributed by atoms with Gasteiger partial charge in [-0.25, -0.2) is 0 Å². The molecule has 0 spiro atoms. The van der Waals surface area contributed by atoms with Crippen LogP contribution in [-0.4, -0.2) is 43.0 Å². The molecule has 32 heavy (non-hydrogen) atoms. The first-order valence-electron chi connectivity index (χ1n) is 11.2. The van der Waals surface area contributed by atoms with Gasteiger partial charge in [0.05, 0.1) is 18.2 Å². The molecule has 2 amide bonds. The second-order valence-corrected chi connectivity index (χ2v) is 8.43. The zero-order valence-corrected chi connectivity index (χ0v) is 19.7. The number of nitrogens with zero attached hydrogens (tertiary/aromatic N) is 1. The van der Waals surface area contributed by atoms with Gasteiger partial charge in [-0.1, -0.05) is 37.1 Å². The van der Waals surface area contributed by atoms with Gasteiger partial charge in [-0.15, -0.1) is 0 Å². The minimum Gasteiger partial charge on any atom is -0.490 e. The molecule has 1 aliphatic carbocycles. The van der Waals surface area contributed by atoms with E-state index in [0.29, 0.717) is 53.4 Å². The lowest BCUT2D eigenvalue weighted by Crippen LogP contribution is -2.27. The van der Waals surface area contributed by atoms with Crippen LogP contribution in [-0.2, 0) is 6.54 Å². The number of nitrogens with one attached hydrogen (secondary N) is 1. The van der Waals surface area contributed by atoms with Crippen molar-refractivity contribution in [2.24, 2.45) is 0 Å². The first kappa shape index (κ1) is 23.9. The van der Waals surface area contributed by atoms with Crippen LogP contribution in [0.5, 0.6) is 11.5 Å². The van der Waals surface area contributed by atoms with Crippen LogP contribution < -0.4 is 14.8 Å². The highest BCUT2D eigenvalue weighted by atomic mass is 35.5. The lowest BCUT2D eigenvalue weighted by Gasteiger charge is -2.20.